The highest BCUT2D eigenvalue weighted by Crippen LogP contribution is 2.25. The first-order valence-corrected chi connectivity index (χ1v) is 13.7. The van der Waals surface area contributed by atoms with Crippen molar-refractivity contribution >= 4 is 18.0 Å². The lowest BCUT2D eigenvalue weighted by Crippen LogP contribution is -2.21. The lowest BCUT2D eigenvalue weighted by atomic mass is 9.99. The van der Waals surface area contributed by atoms with E-state index in [2.05, 4.69) is 56.7 Å². The van der Waals surface area contributed by atoms with Crippen LogP contribution in [0.2, 0.25) is 0 Å². The molecule has 0 atom stereocenters. The smallest absolute Gasteiger partial charge is 0.409 e. The highest BCUT2D eigenvalue weighted by Gasteiger charge is 2.12. The van der Waals surface area contributed by atoms with Crippen LogP contribution < -0.4 is 9.46 Å². The predicted molar refractivity (Wildman–Crippen MR) is 142 cm³/mol. The number of carbonyl (C=O) groups is 1. The second-order valence-electron chi connectivity index (χ2n) is 9.13. The molecule has 1 amide bonds. The van der Waals surface area contributed by atoms with E-state index >= 15 is 0 Å². The molecular weight excluding hydrogens is 426 g/mol. The summed E-state index contributed by atoms with van der Waals surface area (Å²) in [7, 11) is 0. The van der Waals surface area contributed by atoms with Crippen LogP contribution in [0.5, 0.6) is 5.75 Å². The van der Waals surface area contributed by atoms with Gasteiger partial charge in [-0.05, 0) is 80.3 Å². The molecule has 2 aromatic rings. The van der Waals surface area contributed by atoms with E-state index in [1.165, 1.54) is 80.9 Å². The molecule has 0 saturated heterocycles. The number of amides is 1. The maximum absolute atomic E-state index is 12.5. The number of carbonyl (C=O) groups excluding carboxylic acids is 1. The number of aryl methyl sites for hydroxylation is 4. The Bertz CT molecular complexity index is 850. The normalized spacial score (nSPS) is 10.9. The fraction of sp³-hybridized carbons (Fsp3) is 0.552. The number of benzene rings is 2. The lowest BCUT2D eigenvalue weighted by molar-refractivity contribution is 0.207. The molecule has 2 rings (SSSR count). The Morgan fingerprint density at radius 2 is 1.48 bits per heavy atom. The van der Waals surface area contributed by atoms with Gasteiger partial charge in [0.15, 0.2) is 0 Å². The number of hydrogen-bond donors (Lipinski definition) is 1. The zero-order valence-corrected chi connectivity index (χ0v) is 22.0. The van der Waals surface area contributed by atoms with E-state index in [0.717, 1.165) is 35.3 Å². The van der Waals surface area contributed by atoms with Gasteiger partial charge in [-0.25, -0.2) is 4.79 Å². The van der Waals surface area contributed by atoms with Crippen molar-refractivity contribution in [2.75, 3.05) is 0 Å². The Morgan fingerprint density at radius 3 is 2.15 bits per heavy atom. The summed E-state index contributed by atoms with van der Waals surface area (Å²) >= 11 is 1.31. The van der Waals surface area contributed by atoms with Crippen LogP contribution in [-0.2, 0) is 12.8 Å². The number of rotatable bonds is 15. The van der Waals surface area contributed by atoms with Crippen molar-refractivity contribution in [2.24, 2.45) is 0 Å². The third-order valence-corrected chi connectivity index (χ3v) is 6.97. The fourth-order valence-electron chi connectivity index (χ4n) is 4.07. The van der Waals surface area contributed by atoms with Crippen LogP contribution >= 0.6 is 11.9 Å². The minimum absolute atomic E-state index is 0.417. The fourth-order valence-corrected chi connectivity index (χ4v) is 4.66. The maximum atomic E-state index is 12.5. The van der Waals surface area contributed by atoms with Crippen LogP contribution in [0.3, 0.4) is 0 Å². The molecule has 3 nitrogen and oxygen atoms in total. The van der Waals surface area contributed by atoms with Gasteiger partial charge in [0.25, 0.3) is 0 Å². The average molecular weight is 470 g/mol. The molecule has 0 aliphatic heterocycles. The summed E-state index contributed by atoms with van der Waals surface area (Å²) in [5.74, 6) is 0.693. The summed E-state index contributed by atoms with van der Waals surface area (Å²) in [4.78, 5) is 13.6. The van der Waals surface area contributed by atoms with Crippen molar-refractivity contribution in [3.8, 4) is 5.75 Å². The van der Waals surface area contributed by atoms with Crippen molar-refractivity contribution in [1.82, 2.24) is 4.72 Å². The van der Waals surface area contributed by atoms with Gasteiger partial charge in [-0.2, -0.15) is 0 Å². The van der Waals surface area contributed by atoms with Gasteiger partial charge in [0.1, 0.15) is 5.75 Å². The molecule has 0 saturated carbocycles. The van der Waals surface area contributed by atoms with Gasteiger partial charge in [-0.15, -0.1) is 0 Å². The maximum Gasteiger partial charge on any atom is 0.422 e. The summed E-state index contributed by atoms with van der Waals surface area (Å²) in [5, 5.41) is 0. The first-order chi connectivity index (χ1) is 16.0. The molecule has 4 heteroatoms. The molecule has 0 bridgehead atoms. The highest BCUT2D eigenvalue weighted by molar-refractivity contribution is 7.98. The van der Waals surface area contributed by atoms with E-state index in [9.17, 15) is 4.79 Å². The third-order valence-electron chi connectivity index (χ3n) is 6.02. The summed E-state index contributed by atoms with van der Waals surface area (Å²) in [6.45, 7) is 8.62. The van der Waals surface area contributed by atoms with E-state index in [1.54, 1.807) is 0 Å². The molecule has 0 fully saturated rings. The highest BCUT2D eigenvalue weighted by atomic mass is 32.2. The van der Waals surface area contributed by atoms with Crippen LogP contribution in [0.1, 0.15) is 100 Å². The van der Waals surface area contributed by atoms with Gasteiger partial charge >= 0.3 is 6.09 Å². The molecule has 0 aliphatic carbocycles. The molecule has 182 valence electrons. The SMILES string of the molecule is CCCCCCCc1ccc(OC(=O)NSc2ccc(C)cc2C)c(CCCCCCC)c1. The van der Waals surface area contributed by atoms with E-state index < -0.39 is 6.09 Å². The van der Waals surface area contributed by atoms with Gasteiger partial charge < -0.3 is 4.74 Å². The van der Waals surface area contributed by atoms with Crippen LogP contribution in [0, 0.1) is 13.8 Å². The number of nitrogens with one attached hydrogen (secondary N) is 1. The second kappa shape index (κ2) is 15.8. The molecule has 0 aliphatic rings. The number of ether oxygens (including phenoxy) is 1. The number of unbranched alkanes of at least 4 members (excludes halogenated alkanes) is 8. The molecule has 2 aromatic carbocycles. The molecule has 0 spiro atoms. The van der Waals surface area contributed by atoms with Crippen LogP contribution in [0.4, 0.5) is 4.79 Å². The van der Waals surface area contributed by atoms with Crippen molar-refractivity contribution in [3.63, 3.8) is 0 Å². The van der Waals surface area contributed by atoms with E-state index in [0.29, 0.717) is 5.75 Å². The number of hydrogen-bond acceptors (Lipinski definition) is 3. The first-order valence-electron chi connectivity index (χ1n) is 12.9. The topological polar surface area (TPSA) is 38.3 Å². The Morgan fingerprint density at radius 1 is 0.818 bits per heavy atom. The average Bonchev–Trinajstić information content (AvgIpc) is 2.79. The van der Waals surface area contributed by atoms with Gasteiger partial charge in [0.2, 0.25) is 0 Å². The lowest BCUT2D eigenvalue weighted by Gasteiger charge is -2.13. The summed E-state index contributed by atoms with van der Waals surface area (Å²) in [5.41, 5.74) is 4.88. The van der Waals surface area contributed by atoms with Crippen molar-refractivity contribution in [3.05, 3.63) is 58.7 Å². The third kappa shape index (κ3) is 10.7. The van der Waals surface area contributed by atoms with E-state index in [4.69, 9.17) is 4.74 Å². The summed E-state index contributed by atoms with van der Waals surface area (Å²) < 4.78 is 8.59. The quantitative estimate of drug-likeness (QED) is 0.209. The van der Waals surface area contributed by atoms with Crippen molar-refractivity contribution in [1.29, 1.82) is 0 Å². The largest absolute Gasteiger partial charge is 0.422 e. The summed E-state index contributed by atoms with van der Waals surface area (Å²) in [6, 6.07) is 12.6. The monoisotopic (exact) mass is 469 g/mol. The van der Waals surface area contributed by atoms with E-state index in [-0.39, 0.29) is 0 Å². The zero-order valence-electron chi connectivity index (χ0n) is 21.2. The molecular formula is C29H43NO2S. The van der Waals surface area contributed by atoms with Gasteiger partial charge in [0.05, 0.1) is 0 Å². The Hall–Kier alpha value is -1.94. The molecule has 33 heavy (non-hydrogen) atoms. The molecule has 0 heterocycles. The standard InChI is InChI=1S/C29H43NO2S/c1-5-7-9-11-13-15-25-18-19-27(26(22-25)16-14-12-10-8-6-2)32-29(31)30-33-28-20-17-23(3)21-24(28)4/h17-22H,5-16H2,1-4H3,(H,30,31). The van der Waals surface area contributed by atoms with Crippen LogP contribution in [-0.4, -0.2) is 6.09 Å². The first kappa shape index (κ1) is 27.3. The molecule has 1 N–H and O–H groups in total. The van der Waals surface area contributed by atoms with Gasteiger partial charge in [-0.3, -0.25) is 4.72 Å². The Labute approximate surface area is 206 Å². The minimum Gasteiger partial charge on any atom is -0.409 e. The summed E-state index contributed by atoms with van der Waals surface area (Å²) in [6.07, 6.45) is 14.2. The second-order valence-corrected chi connectivity index (χ2v) is 9.98. The molecule has 0 radical (unpaired) electrons. The van der Waals surface area contributed by atoms with Crippen LogP contribution in [0.25, 0.3) is 0 Å². The zero-order chi connectivity index (χ0) is 23.9. The van der Waals surface area contributed by atoms with Gasteiger partial charge in [0, 0.05) is 4.90 Å². The van der Waals surface area contributed by atoms with Crippen LogP contribution in [0.15, 0.2) is 41.3 Å². The predicted octanol–water partition coefficient (Wildman–Crippen LogP) is 9.12. The van der Waals surface area contributed by atoms with Gasteiger partial charge in [-0.1, -0.05) is 95.0 Å². The molecule has 0 unspecified atom stereocenters. The Kier molecular flexibility index (Phi) is 13.1. The van der Waals surface area contributed by atoms with E-state index in [1.807, 2.05) is 12.1 Å². The van der Waals surface area contributed by atoms with Crippen molar-refractivity contribution < 1.29 is 9.53 Å². The van der Waals surface area contributed by atoms with Crippen molar-refractivity contribution in [2.45, 2.75) is 110 Å². The minimum atomic E-state index is -0.417. The molecule has 0 aromatic heterocycles. The Balaban J connectivity index is 1.96.